The molecule has 6 nitrogen and oxygen atoms in total. The predicted molar refractivity (Wildman–Crippen MR) is 80.0 cm³/mol. The van der Waals surface area contributed by atoms with Crippen LogP contribution in [-0.2, 0) is 23.8 Å². The van der Waals surface area contributed by atoms with Crippen molar-refractivity contribution in [1.82, 2.24) is 0 Å². The summed E-state index contributed by atoms with van der Waals surface area (Å²) in [7, 11) is 0. The minimum absolute atomic E-state index is 0.0325. The summed E-state index contributed by atoms with van der Waals surface area (Å²) in [6.45, 7) is 4.73. The lowest BCUT2D eigenvalue weighted by molar-refractivity contribution is -0.225. The number of benzene rings is 1. The third-order valence-electron chi connectivity index (χ3n) is 4.11. The number of carbonyl (C=O) groups is 2. The lowest BCUT2D eigenvalue weighted by atomic mass is 9.82. The van der Waals surface area contributed by atoms with Gasteiger partial charge in [-0.3, -0.25) is 9.59 Å². The minimum Gasteiger partial charge on any atom is -0.465 e. The van der Waals surface area contributed by atoms with Gasteiger partial charge in [-0.1, -0.05) is 17.7 Å². The molecule has 23 heavy (non-hydrogen) atoms. The molecule has 124 valence electrons. The van der Waals surface area contributed by atoms with Crippen LogP contribution in [0.2, 0.25) is 0 Å². The average molecular weight is 320 g/mol. The Morgan fingerprint density at radius 2 is 2.04 bits per heavy atom. The highest BCUT2D eigenvalue weighted by molar-refractivity contribution is 5.67. The summed E-state index contributed by atoms with van der Waals surface area (Å²) >= 11 is 0. The van der Waals surface area contributed by atoms with Gasteiger partial charge >= 0.3 is 11.9 Å². The molecule has 0 amide bonds. The van der Waals surface area contributed by atoms with Crippen LogP contribution in [0.25, 0.3) is 0 Å². The number of ether oxygens (including phenoxy) is 4. The molecule has 2 bridgehead atoms. The summed E-state index contributed by atoms with van der Waals surface area (Å²) in [5, 5.41) is 0. The predicted octanol–water partition coefficient (Wildman–Crippen LogP) is 2.08. The molecule has 2 aliphatic heterocycles. The number of aryl methyl sites for hydroxylation is 1. The molecule has 3 rings (SSSR count). The molecule has 2 aliphatic rings. The Hall–Kier alpha value is -2.08. The van der Waals surface area contributed by atoms with Gasteiger partial charge in [-0.2, -0.15) is 0 Å². The molecule has 6 heteroatoms. The van der Waals surface area contributed by atoms with Crippen LogP contribution in [0.1, 0.15) is 37.3 Å². The molecule has 0 spiro atoms. The Kier molecular flexibility index (Phi) is 4.26. The third kappa shape index (κ3) is 3.32. The molecule has 0 aliphatic carbocycles. The van der Waals surface area contributed by atoms with Crippen LogP contribution in [0.5, 0.6) is 5.75 Å². The molecule has 1 fully saturated rings. The van der Waals surface area contributed by atoms with Crippen molar-refractivity contribution in [2.24, 2.45) is 0 Å². The fourth-order valence-electron chi connectivity index (χ4n) is 3.20. The molecular formula is C17H20O6. The summed E-state index contributed by atoms with van der Waals surface area (Å²) < 4.78 is 22.2. The van der Waals surface area contributed by atoms with E-state index in [1.807, 2.05) is 25.1 Å². The quantitative estimate of drug-likeness (QED) is 0.794. The Balaban J connectivity index is 1.91. The third-order valence-corrected chi connectivity index (χ3v) is 4.11. The van der Waals surface area contributed by atoms with Crippen LogP contribution in [0.15, 0.2) is 18.2 Å². The molecule has 0 aromatic heterocycles. The van der Waals surface area contributed by atoms with Crippen molar-refractivity contribution in [3.8, 4) is 5.75 Å². The number of fused-ring (bicyclic) bond motifs is 4. The maximum absolute atomic E-state index is 11.5. The Labute approximate surface area is 134 Å². The molecule has 0 unspecified atom stereocenters. The first-order chi connectivity index (χ1) is 10.9. The highest BCUT2D eigenvalue weighted by atomic mass is 16.7. The van der Waals surface area contributed by atoms with E-state index in [4.69, 9.17) is 18.9 Å². The molecule has 0 N–H and O–H groups in total. The first-order valence-corrected chi connectivity index (χ1v) is 7.67. The van der Waals surface area contributed by atoms with E-state index in [0.717, 1.165) is 16.9 Å². The summed E-state index contributed by atoms with van der Waals surface area (Å²) in [6.07, 6.45) is -0.874. The van der Waals surface area contributed by atoms with E-state index in [1.165, 1.54) is 13.8 Å². The van der Waals surface area contributed by atoms with E-state index >= 15 is 0 Å². The SMILES string of the molecule is CC(=O)OC[C@H]1O[C@H]2C[C@H](c3cc(C)ccc3O2)[C@H]1OC(C)=O. The van der Waals surface area contributed by atoms with Gasteiger partial charge in [-0.25, -0.2) is 0 Å². The summed E-state index contributed by atoms with van der Waals surface area (Å²) in [4.78, 5) is 22.6. The van der Waals surface area contributed by atoms with E-state index in [-0.39, 0.29) is 18.5 Å². The second kappa shape index (κ2) is 6.20. The second-order valence-corrected chi connectivity index (χ2v) is 5.98. The Bertz CT molecular complexity index is 626. The normalized spacial score (nSPS) is 28.3. The van der Waals surface area contributed by atoms with Gasteiger partial charge in [-0.05, 0) is 13.0 Å². The van der Waals surface area contributed by atoms with Crippen LogP contribution in [0, 0.1) is 6.92 Å². The highest BCUT2D eigenvalue weighted by Crippen LogP contribution is 2.44. The lowest BCUT2D eigenvalue weighted by Gasteiger charge is -2.44. The van der Waals surface area contributed by atoms with Crippen LogP contribution in [0.3, 0.4) is 0 Å². The number of hydrogen-bond acceptors (Lipinski definition) is 6. The van der Waals surface area contributed by atoms with E-state index in [9.17, 15) is 9.59 Å². The molecule has 1 aromatic carbocycles. The van der Waals surface area contributed by atoms with Gasteiger partial charge in [0.2, 0.25) is 6.29 Å². The lowest BCUT2D eigenvalue weighted by Crippen LogP contribution is -2.51. The zero-order valence-corrected chi connectivity index (χ0v) is 13.4. The number of carbonyl (C=O) groups excluding carboxylic acids is 2. The number of rotatable bonds is 3. The molecule has 1 saturated heterocycles. The van der Waals surface area contributed by atoms with Gasteiger partial charge in [0.15, 0.2) is 0 Å². The fraction of sp³-hybridized carbons (Fsp3) is 0.529. The van der Waals surface area contributed by atoms with Gasteiger partial charge in [-0.15, -0.1) is 0 Å². The van der Waals surface area contributed by atoms with Gasteiger partial charge in [0.05, 0.1) is 0 Å². The molecule has 2 heterocycles. The molecular weight excluding hydrogens is 300 g/mol. The second-order valence-electron chi connectivity index (χ2n) is 5.98. The van der Waals surface area contributed by atoms with Crippen molar-refractivity contribution >= 4 is 11.9 Å². The number of hydrogen-bond donors (Lipinski definition) is 0. The van der Waals surface area contributed by atoms with Crippen molar-refractivity contribution in [1.29, 1.82) is 0 Å². The topological polar surface area (TPSA) is 71.1 Å². The summed E-state index contributed by atoms with van der Waals surface area (Å²) in [5.41, 5.74) is 2.11. The van der Waals surface area contributed by atoms with Gasteiger partial charge in [0.1, 0.15) is 24.6 Å². The first-order valence-electron chi connectivity index (χ1n) is 7.67. The Morgan fingerprint density at radius 3 is 2.74 bits per heavy atom. The maximum Gasteiger partial charge on any atom is 0.303 e. The van der Waals surface area contributed by atoms with Crippen LogP contribution < -0.4 is 4.74 Å². The van der Waals surface area contributed by atoms with E-state index in [2.05, 4.69) is 0 Å². The molecule has 4 atom stereocenters. The minimum atomic E-state index is -0.541. The smallest absolute Gasteiger partial charge is 0.303 e. The molecule has 0 radical (unpaired) electrons. The van der Waals surface area contributed by atoms with Crippen molar-refractivity contribution in [2.75, 3.05) is 6.61 Å². The van der Waals surface area contributed by atoms with Crippen molar-refractivity contribution in [3.05, 3.63) is 29.3 Å². The van der Waals surface area contributed by atoms with Gasteiger partial charge in [0.25, 0.3) is 0 Å². The molecule has 0 saturated carbocycles. The van der Waals surface area contributed by atoms with Crippen LogP contribution >= 0.6 is 0 Å². The highest BCUT2D eigenvalue weighted by Gasteiger charge is 2.46. The standard InChI is InChI=1S/C17H20O6/c1-9-4-5-14-12(6-9)13-7-16(22-14)23-15(8-20-10(2)18)17(13)21-11(3)19/h4-6,13,15-17H,7-8H2,1-3H3/t13-,15-,16+,17-/m1/s1. The maximum atomic E-state index is 11.5. The van der Waals surface area contributed by atoms with Crippen molar-refractivity contribution in [3.63, 3.8) is 0 Å². The van der Waals surface area contributed by atoms with Crippen molar-refractivity contribution < 1.29 is 28.5 Å². The van der Waals surface area contributed by atoms with E-state index in [1.54, 1.807) is 0 Å². The summed E-state index contributed by atoms with van der Waals surface area (Å²) in [5.74, 6) is -0.0737. The van der Waals surface area contributed by atoms with Crippen LogP contribution in [-0.4, -0.2) is 37.0 Å². The summed E-state index contributed by atoms with van der Waals surface area (Å²) in [6, 6.07) is 5.92. The van der Waals surface area contributed by atoms with Crippen molar-refractivity contribution in [2.45, 2.75) is 51.6 Å². The van der Waals surface area contributed by atoms with E-state index < -0.39 is 24.5 Å². The fourth-order valence-corrected chi connectivity index (χ4v) is 3.20. The Morgan fingerprint density at radius 1 is 1.26 bits per heavy atom. The zero-order valence-electron chi connectivity index (χ0n) is 13.4. The first kappa shape index (κ1) is 15.8. The monoisotopic (exact) mass is 320 g/mol. The zero-order chi connectivity index (χ0) is 16.6. The van der Waals surface area contributed by atoms with Gasteiger partial charge in [0, 0.05) is 31.7 Å². The van der Waals surface area contributed by atoms with E-state index in [0.29, 0.717) is 6.42 Å². The van der Waals surface area contributed by atoms with Gasteiger partial charge < -0.3 is 18.9 Å². The average Bonchev–Trinajstić information content (AvgIpc) is 2.48. The largest absolute Gasteiger partial charge is 0.465 e. The van der Waals surface area contributed by atoms with Crippen LogP contribution in [0.4, 0.5) is 0 Å². The molecule has 1 aromatic rings. The number of esters is 2.